The van der Waals surface area contributed by atoms with Gasteiger partial charge in [-0.15, -0.1) is 0 Å². The van der Waals surface area contributed by atoms with E-state index >= 15 is 0 Å². The van der Waals surface area contributed by atoms with Crippen molar-refractivity contribution in [3.8, 4) is 22.8 Å². The Morgan fingerprint density at radius 1 is 1.02 bits per heavy atom. The van der Waals surface area contributed by atoms with Gasteiger partial charge in [0.15, 0.2) is 5.65 Å². The number of amides is 1. The fourth-order valence-corrected chi connectivity index (χ4v) is 5.27. The molecule has 0 unspecified atom stereocenters. The third-order valence-electron chi connectivity index (χ3n) is 7.57. The van der Waals surface area contributed by atoms with Crippen LogP contribution in [0.4, 0.5) is 16.3 Å². The number of likely N-dealkylation sites (tertiary alicyclic amines) is 1. The highest BCUT2D eigenvalue weighted by Crippen LogP contribution is 2.34. The average molecular weight is 612 g/mol. The molecule has 0 radical (unpaired) electrons. The SMILES string of the molecule is COc1cc(OC)cc(N(Cc2ncc[nH]2)c2ccc3ncc(-c4cnn(C5CCN(C(=O)OC(C)(C)C)CC5)c4)nc3n2)c1. The molecule has 1 fully saturated rings. The lowest BCUT2D eigenvalue weighted by Gasteiger charge is -2.33. The summed E-state index contributed by atoms with van der Waals surface area (Å²) in [5.74, 6) is 2.74. The third-order valence-corrected chi connectivity index (χ3v) is 7.57. The summed E-state index contributed by atoms with van der Waals surface area (Å²) in [5.41, 5.74) is 2.99. The van der Waals surface area contributed by atoms with Crippen LogP contribution in [0.3, 0.4) is 0 Å². The number of carbonyl (C=O) groups is 1. The normalized spacial score (nSPS) is 14.0. The minimum atomic E-state index is -0.512. The van der Waals surface area contributed by atoms with Crippen LogP contribution in [0.1, 0.15) is 45.5 Å². The van der Waals surface area contributed by atoms with Crippen molar-refractivity contribution in [3.63, 3.8) is 0 Å². The number of pyridine rings is 1. The summed E-state index contributed by atoms with van der Waals surface area (Å²) >= 11 is 0. The van der Waals surface area contributed by atoms with E-state index in [0.29, 0.717) is 53.8 Å². The van der Waals surface area contributed by atoms with Crippen molar-refractivity contribution in [1.82, 2.24) is 39.6 Å². The average Bonchev–Trinajstić information content (AvgIpc) is 3.75. The number of nitrogens with zero attached hydrogens (tertiary/aromatic N) is 8. The van der Waals surface area contributed by atoms with E-state index in [1.54, 1.807) is 43.9 Å². The molecule has 4 aromatic heterocycles. The zero-order valence-corrected chi connectivity index (χ0v) is 26.1. The van der Waals surface area contributed by atoms with E-state index in [9.17, 15) is 4.79 Å². The number of ether oxygens (including phenoxy) is 3. The van der Waals surface area contributed by atoms with Crippen molar-refractivity contribution in [2.75, 3.05) is 32.2 Å². The highest BCUT2D eigenvalue weighted by Gasteiger charge is 2.28. The molecular weight excluding hydrogens is 574 g/mol. The molecule has 13 heteroatoms. The molecular formula is C32H37N9O4. The number of aromatic nitrogens is 7. The van der Waals surface area contributed by atoms with E-state index in [1.165, 1.54) is 0 Å². The summed E-state index contributed by atoms with van der Waals surface area (Å²) in [4.78, 5) is 38.3. The summed E-state index contributed by atoms with van der Waals surface area (Å²) in [5, 5.41) is 4.64. The Morgan fingerprint density at radius 2 is 1.78 bits per heavy atom. The van der Waals surface area contributed by atoms with Crippen molar-refractivity contribution in [2.45, 2.75) is 51.8 Å². The van der Waals surface area contributed by atoms with Crippen LogP contribution < -0.4 is 14.4 Å². The van der Waals surface area contributed by atoms with Gasteiger partial charge in [0.05, 0.1) is 50.6 Å². The van der Waals surface area contributed by atoms with Gasteiger partial charge in [0.1, 0.15) is 34.3 Å². The second-order valence-corrected chi connectivity index (χ2v) is 11.9. The predicted octanol–water partition coefficient (Wildman–Crippen LogP) is 5.54. The molecule has 1 aliphatic rings. The van der Waals surface area contributed by atoms with E-state index in [2.05, 4.69) is 20.1 Å². The summed E-state index contributed by atoms with van der Waals surface area (Å²) in [6.07, 6.45) is 10.3. The molecule has 45 heavy (non-hydrogen) atoms. The first kappa shape index (κ1) is 29.9. The Bertz CT molecular complexity index is 1750. The number of nitrogens with one attached hydrogen (secondary N) is 1. The van der Waals surface area contributed by atoms with Crippen LogP contribution in [-0.4, -0.2) is 78.6 Å². The maximum absolute atomic E-state index is 12.5. The van der Waals surface area contributed by atoms with Crippen molar-refractivity contribution >= 4 is 28.8 Å². The molecule has 1 amide bonds. The molecule has 0 atom stereocenters. The van der Waals surface area contributed by atoms with Crippen molar-refractivity contribution in [3.05, 3.63) is 67.1 Å². The molecule has 1 N–H and O–H groups in total. The minimum Gasteiger partial charge on any atom is -0.497 e. The molecule has 1 aliphatic heterocycles. The molecule has 5 aromatic rings. The number of hydrogen-bond donors (Lipinski definition) is 1. The van der Waals surface area contributed by atoms with Gasteiger partial charge >= 0.3 is 6.09 Å². The fourth-order valence-electron chi connectivity index (χ4n) is 5.27. The van der Waals surface area contributed by atoms with Gasteiger partial charge in [-0.3, -0.25) is 9.67 Å². The Kier molecular flexibility index (Phi) is 8.24. The molecule has 0 saturated carbocycles. The third kappa shape index (κ3) is 6.82. The van der Waals surface area contributed by atoms with Gasteiger partial charge in [-0.25, -0.2) is 19.7 Å². The number of fused-ring (bicyclic) bond motifs is 1. The van der Waals surface area contributed by atoms with Crippen molar-refractivity contribution in [2.24, 2.45) is 0 Å². The van der Waals surface area contributed by atoms with Crippen LogP contribution >= 0.6 is 0 Å². The summed E-state index contributed by atoms with van der Waals surface area (Å²) in [7, 11) is 3.24. The zero-order chi connectivity index (χ0) is 31.6. The van der Waals surface area contributed by atoms with E-state index in [4.69, 9.17) is 24.2 Å². The summed E-state index contributed by atoms with van der Waals surface area (Å²) in [6.45, 7) is 7.29. The molecule has 5 heterocycles. The number of rotatable bonds is 8. The highest BCUT2D eigenvalue weighted by atomic mass is 16.6. The molecule has 0 aliphatic carbocycles. The van der Waals surface area contributed by atoms with E-state index in [-0.39, 0.29) is 12.1 Å². The van der Waals surface area contributed by atoms with Crippen molar-refractivity contribution < 1.29 is 19.0 Å². The smallest absolute Gasteiger partial charge is 0.410 e. The van der Waals surface area contributed by atoms with Crippen molar-refractivity contribution in [1.29, 1.82) is 0 Å². The van der Waals surface area contributed by atoms with Gasteiger partial charge in [0.2, 0.25) is 0 Å². The highest BCUT2D eigenvalue weighted by molar-refractivity contribution is 5.77. The Hall–Kier alpha value is -5.20. The maximum atomic E-state index is 12.5. The van der Waals surface area contributed by atoms with Gasteiger partial charge in [-0.05, 0) is 45.7 Å². The monoisotopic (exact) mass is 611 g/mol. The molecule has 6 rings (SSSR count). The van der Waals surface area contributed by atoms with Gasteiger partial charge in [0.25, 0.3) is 0 Å². The topological polar surface area (TPSA) is 136 Å². The Labute approximate surface area is 261 Å². The number of hydrogen-bond acceptors (Lipinski definition) is 10. The van der Waals surface area contributed by atoms with Crippen LogP contribution in [0.25, 0.3) is 22.4 Å². The summed E-state index contributed by atoms with van der Waals surface area (Å²) < 4.78 is 18.5. The van der Waals surface area contributed by atoms with Gasteiger partial charge in [0, 0.05) is 55.4 Å². The minimum absolute atomic E-state index is 0.172. The molecule has 234 valence electrons. The second kappa shape index (κ2) is 12.4. The molecule has 0 bridgehead atoms. The number of anilines is 2. The molecule has 0 spiro atoms. The first-order valence-electron chi connectivity index (χ1n) is 14.8. The second-order valence-electron chi connectivity index (χ2n) is 11.9. The first-order chi connectivity index (χ1) is 21.7. The zero-order valence-electron chi connectivity index (χ0n) is 26.1. The van der Waals surface area contributed by atoms with Gasteiger partial charge in [-0.2, -0.15) is 5.10 Å². The van der Waals surface area contributed by atoms with Crippen LogP contribution in [0.15, 0.2) is 61.3 Å². The summed E-state index contributed by atoms with van der Waals surface area (Å²) in [6, 6.07) is 9.66. The molecule has 1 aromatic carbocycles. The molecule has 1 saturated heterocycles. The number of H-pyrrole nitrogens is 1. The lowest BCUT2D eigenvalue weighted by atomic mass is 10.1. The lowest BCUT2D eigenvalue weighted by molar-refractivity contribution is 0.0185. The molecule has 13 nitrogen and oxygen atoms in total. The van der Waals surface area contributed by atoms with Gasteiger partial charge < -0.3 is 29.0 Å². The van der Waals surface area contributed by atoms with Crippen LogP contribution in [0.2, 0.25) is 0 Å². The first-order valence-corrected chi connectivity index (χ1v) is 14.8. The Morgan fingerprint density at radius 3 is 2.44 bits per heavy atom. The maximum Gasteiger partial charge on any atom is 0.410 e. The number of carbonyl (C=O) groups excluding carboxylic acids is 1. The number of aromatic amines is 1. The predicted molar refractivity (Wildman–Crippen MR) is 169 cm³/mol. The standard InChI is InChI=1S/C32H37N9O4/c1-32(2,3)45-31(42)39-12-8-22(9-13-39)41-19-21(17-36-41)27-18-35-26-6-7-29(38-30(26)37-27)40(20-28-33-10-11-34-28)23-14-24(43-4)16-25(15-23)44-5/h6-7,10-11,14-19,22H,8-9,12-13,20H2,1-5H3,(H,33,34). The lowest BCUT2D eigenvalue weighted by Crippen LogP contribution is -2.42. The quantitative estimate of drug-likeness (QED) is 0.238. The Balaban J connectivity index is 1.25. The van der Waals surface area contributed by atoms with E-state index in [1.807, 2.05) is 66.9 Å². The largest absolute Gasteiger partial charge is 0.497 e. The van der Waals surface area contributed by atoms with E-state index in [0.717, 1.165) is 29.9 Å². The van der Waals surface area contributed by atoms with E-state index < -0.39 is 5.60 Å². The number of imidazole rings is 1. The van der Waals surface area contributed by atoms with Gasteiger partial charge in [-0.1, -0.05) is 0 Å². The number of methoxy groups -OCH3 is 2. The van der Waals surface area contributed by atoms with Crippen LogP contribution in [0.5, 0.6) is 11.5 Å². The fraction of sp³-hybridized carbons (Fsp3) is 0.375. The van der Waals surface area contributed by atoms with Crippen LogP contribution in [0, 0.1) is 0 Å². The van der Waals surface area contributed by atoms with Crippen LogP contribution in [-0.2, 0) is 11.3 Å². The number of benzene rings is 1. The number of piperidine rings is 1.